The quantitative estimate of drug-likeness (QED) is 0.640. The van der Waals surface area contributed by atoms with Gasteiger partial charge in [0.1, 0.15) is 6.54 Å². The van der Waals surface area contributed by atoms with Crippen molar-refractivity contribution in [1.82, 2.24) is 14.7 Å². The molecule has 0 aromatic heterocycles. The summed E-state index contributed by atoms with van der Waals surface area (Å²) >= 11 is 1.54. The van der Waals surface area contributed by atoms with Gasteiger partial charge in [0, 0.05) is 26.2 Å². The van der Waals surface area contributed by atoms with E-state index < -0.39 is 0 Å². The summed E-state index contributed by atoms with van der Waals surface area (Å²) in [4.78, 5) is 40.8. The molecule has 0 radical (unpaired) electrons. The molecule has 7 nitrogen and oxygen atoms in total. The first-order valence-electron chi connectivity index (χ1n) is 7.61. The van der Waals surface area contributed by atoms with Crippen molar-refractivity contribution >= 4 is 29.5 Å². The van der Waals surface area contributed by atoms with E-state index >= 15 is 0 Å². The van der Waals surface area contributed by atoms with Crippen LogP contribution in [0.1, 0.15) is 13.3 Å². The number of rotatable bonds is 5. The van der Waals surface area contributed by atoms with E-state index in [-0.39, 0.29) is 30.9 Å². The summed E-state index contributed by atoms with van der Waals surface area (Å²) in [5.74, 6) is 0.890. The fourth-order valence-electron chi connectivity index (χ4n) is 2.57. The Morgan fingerprint density at radius 1 is 1.18 bits per heavy atom. The lowest BCUT2D eigenvalue weighted by molar-refractivity contribution is -0.144. The van der Waals surface area contributed by atoms with Crippen LogP contribution in [-0.4, -0.2) is 90.0 Å². The van der Waals surface area contributed by atoms with Gasteiger partial charge in [0.2, 0.25) is 11.8 Å². The summed E-state index contributed by atoms with van der Waals surface area (Å²) in [6.45, 7) is 5.33. The molecule has 22 heavy (non-hydrogen) atoms. The van der Waals surface area contributed by atoms with Gasteiger partial charge in [-0.25, -0.2) is 0 Å². The maximum absolute atomic E-state index is 12.3. The van der Waals surface area contributed by atoms with E-state index in [1.165, 1.54) is 0 Å². The summed E-state index contributed by atoms with van der Waals surface area (Å²) in [6.07, 6.45) is 0.827. The standard InChI is InChI=1S/C14H23N3O4S/c1-2-21-14(20)9-15-4-3-5-16(7-6-15)12(18)8-17-11-22-10-13(17)19/h2-11H2,1H3. The molecule has 124 valence electrons. The number of thioether (sulfide) groups is 1. The zero-order valence-electron chi connectivity index (χ0n) is 13.0. The zero-order chi connectivity index (χ0) is 15.9. The van der Waals surface area contributed by atoms with Gasteiger partial charge in [-0.05, 0) is 13.3 Å². The minimum absolute atomic E-state index is 0.00571. The number of nitrogens with zero attached hydrogens (tertiary/aromatic N) is 3. The summed E-state index contributed by atoms with van der Waals surface area (Å²) in [5, 5.41) is 0. The second-order valence-electron chi connectivity index (χ2n) is 5.38. The van der Waals surface area contributed by atoms with Crippen molar-refractivity contribution in [3.8, 4) is 0 Å². The molecule has 2 heterocycles. The first kappa shape index (κ1) is 17.1. The van der Waals surface area contributed by atoms with Crippen molar-refractivity contribution in [2.45, 2.75) is 13.3 Å². The Hall–Kier alpha value is -1.28. The van der Waals surface area contributed by atoms with Crippen LogP contribution in [0, 0.1) is 0 Å². The van der Waals surface area contributed by atoms with E-state index in [9.17, 15) is 14.4 Å². The van der Waals surface area contributed by atoms with E-state index in [0.29, 0.717) is 37.9 Å². The molecule has 0 atom stereocenters. The van der Waals surface area contributed by atoms with Gasteiger partial charge < -0.3 is 14.5 Å². The molecule has 0 N–H and O–H groups in total. The van der Waals surface area contributed by atoms with Crippen molar-refractivity contribution in [2.75, 3.05) is 57.5 Å². The highest BCUT2D eigenvalue weighted by molar-refractivity contribution is 8.00. The number of hydrogen-bond acceptors (Lipinski definition) is 6. The zero-order valence-corrected chi connectivity index (χ0v) is 13.8. The van der Waals surface area contributed by atoms with Crippen LogP contribution in [0.3, 0.4) is 0 Å². The second-order valence-corrected chi connectivity index (χ2v) is 6.34. The normalized spacial score (nSPS) is 20.1. The first-order chi connectivity index (χ1) is 10.6. The lowest BCUT2D eigenvalue weighted by Gasteiger charge is -2.24. The molecule has 0 spiro atoms. The molecule has 0 aromatic rings. The molecule has 2 fully saturated rings. The fraction of sp³-hybridized carbons (Fsp3) is 0.786. The first-order valence-corrected chi connectivity index (χ1v) is 8.77. The van der Waals surface area contributed by atoms with Gasteiger partial charge >= 0.3 is 5.97 Å². The number of amides is 2. The SMILES string of the molecule is CCOC(=O)CN1CCCN(C(=O)CN2CSCC2=O)CC1. The van der Waals surface area contributed by atoms with Gasteiger partial charge in [0.15, 0.2) is 0 Å². The molecule has 2 saturated heterocycles. The number of hydrogen-bond donors (Lipinski definition) is 0. The van der Waals surface area contributed by atoms with Crippen molar-refractivity contribution in [2.24, 2.45) is 0 Å². The van der Waals surface area contributed by atoms with Gasteiger partial charge in [-0.2, -0.15) is 0 Å². The highest BCUT2D eigenvalue weighted by Crippen LogP contribution is 2.15. The molecule has 0 bridgehead atoms. The minimum Gasteiger partial charge on any atom is -0.465 e. The maximum atomic E-state index is 12.3. The monoisotopic (exact) mass is 329 g/mol. The van der Waals surface area contributed by atoms with Crippen molar-refractivity contribution in [3.05, 3.63) is 0 Å². The van der Waals surface area contributed by atoms with Crippen molar-refractivity contribution < 1.29 is 19.1 Å². The van der Waals surface area contributed by atoms with E-state index in [1.807, 2.05) is 4.90 Å². The predicted octanol–water partition coefficient (Wildman–Crippen LogP) is -0.383. The van der Waals surface area contributed by atoms with Gasteiger partial charge in [-0.3, -0.25) is 19.3 Å². The van der Waals surface area contributed by atoms with Crippen LogP contribution in [-0.2, 0) is 19.1 Å². The topological polar surface area (TPSA) is 70.2 Å². The molecule has 0 aromatic carbocycles. The molecule has 8 heteroatoms. The summed E-state index contributed by atoms with van der Waals surface area (Å²) in [6, 6.07) is 0. The lowest BCUT2D eigenvalue weighted by Crippen LogP contribution is -2.43. The van der Waals surface area contributed by atoms with Crippen LogP contribution in [0.5, 0.6) is 0 Å². The Balaban J connectivity index is 1.78. The molecule has 0 unspecified atom stereocenters. The third kappa shape index (κ3) is 4.88. The number of carbonyl (C=O) groups is 3. The van der Waals surface area contributed by atoms with Crippen LogP contribution >= 0.6 is 11.8 Å². The van der Waals surface area contributed by atoms with Crippen molar-refractivity contribution in [1.29, 1.82) is 0 Å². The number of ether oxygens (including phenoxy) is 1. The number of carbonyl (C=O) groups excluding carboxylic acids is 3. The molecule has 0 aliphatic carbocycles. The summed E-state index contributed by atoms with van der Waals surface area (Å²) in [5.41, 5.74) is 0. The smallest absolute Gasteiger partial charge is 0.320 e. The Morgan fingerprint density at radius 2 is 2.00 bits per heavy atom. The Kier molecular flexibility index (Phi) is 6.50. The van der Waals surface area contributed by atoms with E-state index in [0.717, 1.165) is 13.0 Å². The van der Waals surface area contributed by atoms with Crippen LogP contribution in [0.15, 0.2) is 0 Å². The lowest BCUT2D eigenvalue weighted by atomic mass is 10.3. The van der Waals surface area contributed by atoms with Crippen LogP contribution in [0.25, 0.3) is 0 Å². The number of esters is 1. The second kappa shape index (κ2) is 8.38. The predicted molar refractivity (Wildman–Crippen MR) is 83.3 cm³/mol. The van der Waals surface area contributed by atoms with E-state index in [4.69, 9.17) is 4.74 Å². The van der Waals surface area contributed by atoms with Gasteiger partial charge in [-0.15, -0.1) is 11.8 Å². The molecule has 2 aliphatic heterocycles. The Bertz CT molecular complexity index is 432. The Labute approximate surface area is 134 Å². The summed E-state index contributed by atoms with van der Waals surface area (Å²) in [7, 11) is 0. The largest absolute Gasteiger partial charge is 0.465 e. The highest BCUT2D eigenvalue weighted by Gasteiger charge is 2.26. The third-order valence-electron chi connectivity index (χ3n) is 3.75. The fourth-order valence-corrected chi connectivity index (χ4v) is 3.48. The third-order valence-corrected chi connectivity index (χ3v) is 4.70. The van der Waals surface area contributed by atoms with E-state index in [1.54, 1.807) is 28.5 Å². The van der Waals surface area contributed by atoms with Crippen LogP contribution in [0.2, 0.25) is 0 Å². The highest BCUT2D eigenvalue weighted by atomic mass is 32.2. The Morgan fingerprint density at radius 3 is 2.68 bits per heavy atom. The van der Waals surface area contributed by atoms with Gasteiger partial charge in [0.25, 0.3) is 0 Å². The van der Waals surface area contributed by atoms with Crippen LogP contribution < -0.4 is 0 Å². The molecule has 2 aliphatic rings. The van der Waals surface area contributed by atoms with Gasteiger partial charge in [0.05, 0.1) is 24.8 Å². The van der Waals surface area contributed by atoms with Crippen molar-refractivity contribution in [3.63, 3.8) is 0 Å². The molecule has 0 saturated carbocycles. The summed E-state index contributed by atoms with van der Waals surface area (Å²) < 4.78 is 4.95. The van der Waals surface area contributed by atoms with Gasteiger partial charge in [-0.1, -0.05) is 0 Å². The molecular formula is C14H23N3O4S. The molecular weight excluding hydrogens is 306 g/mol. The van der Waals surface area contributed by atoms with Crippen LogP contribution in [0.4, 0.5) is 0 Å². The molecule has 2 rings (SSSR count). The molecule has 2 amide bonds. The minimum atomic E-state index is -0.220. The average Bonchev–Trinajstić information content (AvgIpc) is 2.74. The maximum Gasteiger partial charge on any atom is 0.320 e. The van der Waals surface area contributed by atoms with E-state index in [2.05, 4.69) is 0 Å². The average molecular weight is 329 g/mol.